The lowest BCUT2D eigenvalue weighted by Gasteiger charge is -2.19. The van der Waals surface area contributed by atoms with Gasteiger partial charge in [-0.2, -0.15) is 0 Å². The van der Waals surface area contributed by atoms with Crippen LogP contribution < -0.4 is 5.32 Å². The highest BCUT2D eigenvalue weighted by atomic mass is 19.1. The number of carbonyl (C=O) groups is 1. The quantitative estimate of drug-likeness (QED) is 0.668. The van der Waals surface area contributed by atoms with Gasteiger partial charge in [-0.05, 0) is 20.8 Å². The minimum absolute atomic E-state index is 0.137. The molecule has 0 atom stereocenters. The van der Waals surface area contributed by atoms with E-state index in [0.29, 0.717) is 0 Å². The number of rotatable bonds is 3. The van der Waals surface area contributed by atoms with Gasteiger partial charge in [-0.25, -0.2) is 4.79 Å². The van der Waals surface area contributed by atoms with Gasteiger partial charge in [0.05, 0.1) is 13.3 Å². The second kappa shape index (κ2) is 4.95. The topological polar surface area (TPSA) is 38.3 Å². The van der Waals surface area contributed by atoms with Crippen molar-refractivity contribution in [1.82, 2.24) is 5.32 Å². The molecule has 0 heterocycles. The van der Waals surface area contributed by atoms with Crippen LogP contribution in [0.15, 0.2) is 0 Å². The van der Waals surface area contributed by atoms with Crippen molar-refractivity contribution in [3.8, 4) is 0 Å². The number of amides is 1. The number of carbonyl (C=O) groups excluding carboxylic acids is 1. The Morgan fingerprint density at radius 1 is 1.50 bits per heavy atom. The predicted molar refractivity (Wildman–Crippen MR) is 44.8 cm³/mol. The van der Waals surface area contributed by atoms with Crippen LogP contribution in [0.5, 0.6) is 0 Å². The summed E-state index contributed by atoms with van der Waals surface area (Å²) in [5, 5.41) is 2.59. The molecule has 72 valence electrons. The van der Waals surface area contributed by atoms with Gasteiger partial charge in [-0.3, -0.25) is 4.39 Å². The van der Waals surface area contributed by atoms with Crippen LogP contribution in [0.1, 0.15) is 27.2 Å². The fourth-order valence-corrected chi connectivity index (χ4v) is 0.562. The van der Waals surface area contributed by atoms with Gasteiger partial charge < -0.3 is 10.1 Å². The van der Waals surface area contributed by atoms with Crippen LogP contribution in [-0.4, -0.2) is 24.9 Å². The van der Waals surface area contributed by atoms with E-state index < -0.39 is 12.8 Å². The Hall–Kier alpha value is -0.800. The Morgan fingerprint density at radius 2 is 2.08 bits per heavy atom. The van der Waals surface area contributed by atoms with Gasteiger partial charge in [0, 0.05) is 12.0 Å². The van der Waals surface area contributed by atoms with Gasteiger partial charge in [0.1, 0.15) is 0 Å². The van der Waals surface area contributed by atoms with Crippen LogP contribution in [0.2, 0.25) is 0 Å². The molecule has 0 aromatic heterocycles. The Labute approximate surface area is 72.3 Å². The fourth-order valence-electron chi connectivity index (χ4n) is 0.562. The van der Waals surface area contributed by atoms with Crippen LogP contribution >= 0.6 is 0 Å². The second-order valence-electron chi connectivity index (χ2n) is 3.55. The van der Waals surface area contributed by atoms with E-state index in [2.05, 4.69) is 10.1 Å². The van der Waals surface area contributed by atoms with Gasteiger partial charge >= 0.3 is 6.09 Å². The van der Waals surface area contributed by atoms with Crippen molar-refractivity contribution in [3.63, 3.8) is 0 Å². The van der Waals surface area contributed by atoms with Gasteiger partial charge in [-0.15, -0.1) is 0 Å². The zero-order valence-electron chi connectivity index (χ0n) is 7.82. The summed E-state index contributed by atoms with van der Waals surface area (Å²) in [5.74, 6) is 0. The van der Waals surface area contributed by atoms with E-state index >= 15 is 0 Å². The first kappa shape index (κ1) is 11.2. The average Bonchev–Trinajstić information content (AvgIpc) is 1.84. The SMILES string of the molecule is CC(C)(C)NC(=O)OCCCF. The summed E-state index contributed by atoms with van der Waals surface area (Å²) in [6.07, 6.45) is -0.228. The van der Waals surface area contributed by atoms with E-state index in [-0.39, 0.29) is 18.6 Å². The third kappa shape index (κ3) is 7.31. The van der Waals surface area contributed by atoms with Gasteiger partial charge in [-0.1, -0.05) is 0 Å². The molecule has 3 nitrogen and oxygen atoms in total. The summed E-state index contributed by atoms with van der Waals surface area (Å²) in [4.78, 5) is 10.9. The number of ether oxygens (including phenoxy) is 1. The number of nitrogens with one attached hydrogen (secondary N) is 1. The summed E-state index contributed by atoms with van der Waals surface area (Å²) in [6.45, 7) is 5.23. The summed E-state index contributed by atoms with van der Waals surface area (Å²) in [6, 6.07) is 0. The summed E-state index contributed by atoms with van der Waals surface area (Å²) in [5.41, 5.74) is -0.299. The third-order valence-electron chi connectivity index (χ3n) is 0.988. The molecule has 0 saturated carbocycles. The standard InChI is InChI=1S/C8H16FNO2/c1-8(2,3)10-7(11)12-6-4-5-9/h4-6H2,1-3H3,(H,10,11). The monoisotopic (exact) mass is 177 g/mol. The van der Waals surface area contributed by atoms with E-state index in [1.54, 1.807) is 0 Å². The normalized spacial score (nSPS) is 11.0. The maximum Gasteiger partial charge on any atom is 0.407 e. The number of alkyl carbamates (subject to hydrolysis) is 1. The Morgan fingerprint density at radius 3 is 2.50 bits per heavy atom. The minimum Gasteiger partial charge on any atom is -0.449 e. The molecule has 0 aliphatic heterocycles. The molecule has 0 aromatic carbocycles. The lowest BCUT2D eigenvalue weighted by atomic mass is 10.1. The maximum atomic E-state index is 11.6. The van der Waals surface area contributed by atoms with Crippen LogP contribution in [0, 0.1) is 0 Å². The largest absolute Gasteiger partial charge is 0.449 e. The molecule has 4 heteroatoms. The van der Waals surface area contributed by atoms with Gasteiger partial charge in [0.2, 0.25) is 0 Å². The zero-order chi connectivity index (χ0) is 9.61. The van der Waals surface area contributed by atoms with Crippen LogP contribution in [0.3, 0.4) is 0 Å². The highest BCUT2D eigenvalue weighted by Crippen LogP contribution is 1.98. The molecule has 0 aromatic rings. The lowest BCUT2D eigenvalue weighted by Crippen LogP contribution is -2.41. The molecular formula is C8H16FNO2. The fraction of sp³-hybridized carbons (Fsp3) is 0.875. The van der Waals surface area contributed by atoms with Crippen molar-refractivity contribution in [2.75, 3.05) is 13.3 Å². The molecule has 0 saturated heterocycles. The van der Waals surface area contributed by atoms with Gasteiger partial charge in [0.15, 0.2) is 0 Å². The molecule has 0 unspecified atom stereocenters. The van der Waals surface area contributed by atoms with Crippen LogP contribution in [0.25, 0.3) is 0 Å². The number of hydrogen-bond donors (Lipinski definition) is 1. The molecule has 0 rings (SSSR count). The predicted octanol–water partition coefficient (Wildman–Crippen LogP) is 1.87. The average molecular weight is 177 g/mol. The minimum atomic E-state index is -0.490. The van der Waals surface area contributed by atoms with Crippen LogP contribution in [-0.2, 0) is 4.74 Å². The van der Waals surface area contributed by atoms with Gasteiger partial charge in [0.25, 0.3) is 0 Å². The molecular weight excluding hydrogens is 161 g/mol. The molecule has 0 aliphatic carbocycles. The molecule has 0 fully saturated rings. The molecule has 0 radical (unpaired) electrons. The molecule has 0 aliphatic rings. The number of halogens is 1. The summed E-state index contributed by atoms with van der Waals surface area (Å²) >= 11 is 0. The van der Waals surface area contributed by atoms with Crippen molar-refractivity contribution in [2.45, 2.75) is 32.7 Å². The number of hydrogen-bond acceptors (Lipinski definition) is 2. The highest BCUT2D eigenvalue weighted by molar-refractivity contribution is 5.67. The molecule has 0 spiro atoms. The molecule has 1 amide bonds. The van der Waals surface area contributed by atoms with E-state index in [0.717, 1.165) is 0 Å². The lowest BCUT2D eigenvalue weighted by molar-refractivity contribution is 0.134. The van der Waals surface area contributed by atoms with Crippen molar-refractivity contribution in [2.24, 2.45) is 0 Å². The maximum absolute atomic E-state index is 11.6. The Bertz CT molecular complexity index is 142. The van der Waals surface area contributed by atoms with Crippen LogP contribution in [0.4, 0.5) is 9.18 Å². The molecule has 0 bridgehead atoms. The van der Waals surface area contributed by atoms with Crippen molar-refractivity contribution >= 4 is 6.09 Å². The zero-order valence-corrected chi connectivity index (χ0v) is 7.82. The first-order valence-corrected chi connectivity index (χ1v) is 3.96. The van der Waals surface area contributed by atoms with Crippen molar-refractivity contribution < 1.29 is 13.9 Å². The van der Waals surface area contributed by atoms with E-state index in [1.165, 1.54) is 0 Å². The second-order valence-corrected chi connectivity index (χ2v) is 3.55. The number of alkyl halides is 1. The first-order chi connectivity index (χ1) is 5.45. The van der Waals surface area contributed by atoms with E-state index in [4.69, 9.17) is 0 Å². The van der Waals surface area contributed by atoms with E-state index in [9.17, 15) is 9.18 Å². The molecule has 12 heavy (non-hydrogen) atoms. The third-order valence-corrected chi connectivity index (χ3v) is 0.988. The molecule has 1 N–H and O–H groups in total. The first-order valence-electron chi connectivity index (χ1n) is 3.96. The highest BCUT2D eigenvalue weighted by Gasteiger charge is 2.13. The van der Waals surface area contributed by atoms with Crippen molar-refractivity contribution in [3.05, 3.63) is 0 Å². The summed E-state index contributed by atoms with van der Waals surface area (Å²) in [7, 11) is 0. The smallest absolute Gasteiger partial charge is 0.407 e. The Balaban J connectivity index is 3.47. The van der Waals surface area contributed by atoms with Crippen molar-refractivity contribution in [1.29, 1.82) is 0 Å². The van der Waals surface area contributed by atoms with E-state index in [1.807, 2.05) is 20.8 Å². The summed E-state index contributed by atoms with van der Waals surface area (Å²) < 4.78 is 16.2. The Kier molecular flexibility index (Phi) is 4.62.